The van der Waals surface area contributed by atoms with Gasteiger partial charge in [-0.15, -0.1) is 0 Å². The van der Waals surface area contributed by atoms with Crippen molar-refractivity contribution in [2.24, 2.45) is 11.3 Å². The molecule has 0 bridgehead atoms. The molecule has 1 N–H and O–H groups in total. The Morgan fingerprint density at radius 1 is 1.05 bits per heavy atom. The van der Waals surface area contributed by atoms with Gasteiger partial charge in [0.2, 0.25) is 0 Å². The molecule has 3 fully saturated rings. The van der Waals surface area contributed by atoms with Gasteiger partial charge in [0.1, 0.15) is 0 Å². The first-order valence-corrected chi connectivity index (χ1v) is 9.17. The third-order valence-electron chi connectivity index (χ3n) is 6.54. The fourth-order valence-corrected chi connectivity index (χ4v) is 5.29. The van der Waals surface area contributed by atoms with Gasteiger partial charge in [-0.3, -0.25) is 0 Å². The molecule has 3 aliphatic rings. The van der Waals surface area contributed by atoms with Crippen molar-refractivity contribution in [3.63, 3.8) is 0 Å². The number of ether oxygens (including phenoxy) is 1. The van der Waals surface area contributed by atoms with Gasteiger partial charge in [0.25, 0.3) is 0 Å². The zero-order chi connectivity index (χ0) is 14.0. The van der Waals surface area contributed by atoms with Crippen LogP contribution in [0.4, 0.5) is 0 Å². The molecule has 4 atom stereocenters. The van der Waals surface area contributed by atoms with Gasteiger partial charge in [-0.2, -0.15) is 0 Å². The summed E-state index contributed by atoms with van der Waals surface area (Å²) in [5.74, 6) is 0.924. The van der Waals surface area contributed by atoms with E-state index in [1.165, 1.54) is 64.2 Å². The van der Waals surface area contributed by atoms with Crippen LogP contribution in [0.15, 0.2) is 0 Å². The van der Waals surface area contributed by atoms with Crippen molar-refractivity contribution in [1.29, 1.82) is 0 Å². The summed E-state index contributed by atoms with van der Waals surface area (Å²) in [5, 5.41) is 4.10. The van der Waals surface area contributed by atoms with E-state index < -0.39 is 0 Å². The fraction of sp³-hybridized carbons (Fsp3) is 1.00. The minimum absolute atomic E-state index is 0.506. The van der Waals surface area contributed by atoms with Gasteiger partial charge in [0, 0.05) is 24.1 Å². The zero-order valence-corrected chi connectivity index (χ0v) is 13.5. The van der Waals surface area contributed by atoms with Gasteiger partial charge in [0.15, 0.2) is 0 Å². The van der Waals surface area contributed by atoms with E-state index in [1.807, 2.05) is 0 Å². The smallest absolute Gasteiger partial charge is 0.0661 e. The van der Waals surface area contributed by atoms with Crippen LogP contribution in [0.2, 0.25) is 0 Å². The van der Waals surface area contributed by atoms with Crippen LogP contribution in [0.1, 0.15) is 78.1 Å². The molecule has 3 aliphatic carbocycles. The van der Waals surface area contributed by atoms with Crippen LogP contribution in [-0.2, 0) is 4.74 Å². The van der Waals surface area contributed by atoms with E-state index >= 15 is 0 Å². The molecule has 20 heavy (non-hydrogen) atoms. The first-order valence-electron chi connectivity index (χ1n) is 9.17. The summed E-state index contributed by atoms with van der Waals surface area (Å²) in [7, 11) is 0. The lowest BCUT2D eigenvalue weighted by Gasteiger charge is -2.56. The molecule has 4 unspecified atom stereocenters. The van der Waals surface area contributed by atoms with E-state index in [0.717, 1.165) is 24.6 Å². The molecule has 1 spiro atoms. The standard InChI is InChI=1S/C18H33NO/c1-3-14-9-5-6-10-15(14)19-16-13-17(20-4-2)18(16)11-7-8-12-18/h14-17,19H,3-13H2,1-2H3. The highest BCUT2D eigenvalue weighted by molar-refractivity contribution is 5.11. The summed E-state index contributed by atoms with van der Waals surface area (Å²) in [4.78, 5) is 0. The Hall–Kier alpha value is -0.0800. The van der Waals surface area contributed by atoms with Crippen molar-refractivity contribution in [2.45, 2.75) is 96.2 Å². The minimum atomic E-state index is 0.506. The van der Waals surface area contributed by atoms with Crippen LogP contribution < -0.4 is 5.32 Å². The molecule has 116 valence electrons. The predicted octanol–water partition coefficient (Wildman–Crippen LogP) is 4.28. The molecule has 0 aromatic carbocycles. The first kappa shape index (κ1) is 14.8. The predicted molar refractivity (Wildman–Crippen MR) is 83.9 cm³/mol. The van der Waals surface area contributed by atoms with Gasteiger partial charge in [-0.1, -0.05) is 39.0 Å². The highest BCUT2D eigenvalue weighted by Crippen LogP contribution is 2.55. The maximum Gasteiger partial charge on any atom is 0.0661 e. The quantitative estimate of drug-likeness (QED) is 0.811. The Kier molecular flexibility index (Phi) is 4.72. The lowest BCUT2D eigenvalue weighted by Crippen LogP contribution is -2.65. The van der Waals surface area contributed by atoms with Crippen LogP contribution in [0, 0.1) is 11.3 Å². The number of hydrogen-bond donors (Lipinski definition) is 1. The number of hydrogen-bond acceptors (Lipinski definition) is 2. The van der Waals surface area contributed by atoms with Crippen LogP contribution >= 0.6 is 0 Å². The molecule has 0 heterocycles. The van der Waals surface area contributed by atoms with Crippen molar-refractivity contribution < 1.29 is 4.74 Å². The van der Waals surface area contributed by atoms with Crippen molar-refractivity contribution in [3.05, 3.63) is 0 Å². The third kappa shape index (κ3) is 2.54. The Balaban J connectivity index is 1.62. The second kappa shape index (κ2) is 6.36. The van der Waals surface area contributed by atoms with Crippen molar-refractivity contribution in [1.82, 2.24) is 5.32 Å². The average Bonchev–Trinajstić information content (AvgIpc) is 2.99. The molecular formula is C18H33NO. The van der Waals surface area contributed by atoms with Gasteiger partial charge in [-0.25, -0.2) is 0 Å². The van der Waals surface area contributed by atoms with Crippen molar-refractivity contribution in [2.75, 3.05) is 6.61 Å². The van der Waals surface area contributed by atoms with E-state index in [9.17, 15) is 0 Å². The van der Waals surface area contributed by atoms with Crippen LogP contribution in [0.5, 0.6) is 0 Å². The maximum atomic E-state index is 6.05. The summed E-state index contributed by atoms with van der Waals surface area (Å²) >= 11 is 0. The Labute approximate surface area is 125 Å². The topological polar surface area (TPSA) is 21.3 Å². The second-order valence-corrected chi connectivity index (χ2v) is 7.40. The fourth-order valence-electron chi connectivity index (χ4n) is 5.29. The summed E-state index contributed by atoms with van der Waals surface area (Å²) in [6, 6.07) is 1.54. The molecule has 3 saturated carbocycles. The monoisotopic (exact) mass is 279 g/mol. The SMILES string of the molecule is CCOC1CC(NC2CCCCC2CC)C12CCCC2. The van der Waals surface area contributed by atoms with E-state index in [2.05, 4.69) is 19.2 Å². The van der Waals surface area contributed by atoms with Gasteiger partial charge in [-0.05, 0) is 44.9 Å². The molecule has 2 heteroatoms. The van der Waals surface area contributed by atoms with Crippen molar-refractivity contribution >= 4 is 0 Å². The largest absolute Gasteiger partial charge is 0.378 e. The lowest BCUT2D eigenvalue weighted by molar-refractivity contribution is -0.134. The van der Waals surface area contributed by atoms with Crippen LogP contribution in [0.3, 0.4) is 0 Å². The van der Waals surface area contributed by atoms with Crippen molar-refractivity contribution in [3.8, 4) is 0 Å². The summed E-state index contributed by atoms with van der Waals surface area (Å²) in [6.45, 7) is 5.41. The number of rotatable bonds is 5. The normalized spacial score (nSPS) is 39.9. The van der Waals surface area contributed by atoms with E-state index in [4.69, 9.17) is 4.74 Å². The highest BCUT2D eigenvalue weighted by atomic mass is 16.5. The molecule has 0 aliphatic heterocycles. The summed E-state index contributed by atoms with van der Waals surface area (Å²) in [5.41, 5.74) is 0.506. The molecule has 0 radical (unpaired) electrons. The Morgan fingerprint density at radius 2 is 1.80 bits per heavy atom. The van der Waals surface area contributed by atoms with Crippen LogP contribution in [-0.4, -0.2) is 24.8 Å². The summed E-state index contributed by atoms with van der Waals surface area (Å²) in [6.07, 6.45) is 14.6. The van der Waals surface area contributed by atoms with E-state index in [-0.39, 0.29) is 0 Å². The third-order valence-corrected chi connectivity index (χ3v) is 6.54. The minimum Gasteiger partial charge on any atom is -0.378 e. The second-order valence-electron chi connectivity index (χ2n) is 7.40. The van der Waals surface area contributed by atoms with Gasteiger partial charge >= 0.3 is 0 Å². The number of nitrogens with one attached hydrogen (secondary N) is 1. The molecule has 2 nitrogen and oxygen atoms in total. The van der Waals surface area contributed by atoms with Gasteiger partial charge < -0.3 is 10.1 Å². The molecule has 0 aromatic rings. The highest BCUT2D eigenvalue weighted by Gasteiger charge is 2.57. The average molecular weight is 279 g/mol. The Bertz CT molecular complexity index is 311. The zero-order valence-electron chi connectivity index (χ0n) is 13.5. The van der Waals surface area contributed by atoms with Gasteiger partial charge in [0.05, 0.1) is 6.10 Å². The van der Waals surface area contributed by atoms with Crippen LogP contribution in [0.25, 0.3) is 0 Å². The Morgan fingerprint density at radius 3 is 2.50 bits per heavy atom. The molecule has 0 saturated heterocycles. The summed E-state index contributed by atoms with van der Waals surface area (Å²) < 4.78 is 6.05. The maximum absolute atomic E-state index is 6.05. The van der Waals surface area contributed by atoms with E-state index in [0.29, 0.717) is 11.5 Å². The lowest BCUT2D eigenvalue weighted by atomic mass is 9.60. The first-order chi connectivity index (χ1) is 9.80. The molecule has 3 rings (SSSR count). The molecule has 0 aromatic heterocycles. The van der Waals surface area contributed by atoms with E-state index in [1.54, 1.807) is 0 Å². The molecule has 0 amide bonds. The molecular weight excluding hydrogens is 246 g/mol.